The van der Waals surface area contributed by atoms with Crippen molar-refractivity contribution in [3.63, 3.8) is 0 Å². The average Bonchev–Trinajstić information content (AvgIpc) is 3.45. The van der Waals surface area contributed by atoms with E-state index in [9.17, 15) is 19.5 Å². The highest BCUT2D eigenvalue weighted by molar-refractivity contribution is 5.88. The Labute approximate surface area is 308 Å². The van der Waals surface area contributed by atoms with Gasteiger partial charge in [0, 0.05) is 22.0 Å². The summed E-state index contributed by atoms with van der Waals surface area (Å²) < 4.78 is 11.2. The molecular formula is C45H66O6. The first-order chi connectivity index (χ1) is 23.8. The molecule has 0 bridgehead atoms. The molecule has 5 fully saturated rings. The molecule has 0 aromatic rings. The first kappa shape index (κ1) is 38.2. The number of ether oxygens (including phenoxy) is 2. The molecule has 0 heterocycles. The van der Waals surface area contributed by atoms with Crippen LogP contribution in [-0.2, 0) is 23.9 Å². The number of carbonyl (C=O) groups is 3. The summed E-state index contributed by atoms with van der Waals surface area (Å²) in [5, 5.41) is 9.95. The van der Waals surface area contributed by atoms with Crippen molar-refractivity contribution < 1.29 is 29.0 Å². The van der Waals surface area contributed by atoms with Gasteiger partial charge in [0.25, 0.3) is 0 Å². The van der Waals surface area contributed by atoms with Crippen molar-refractivity contribution in [3.05, 3.63) is 23.3 Å². The Balaban J connectivity index is 1.28. The van der Waals surface area contributed by atoms with Crippen molar-refractivity contribution >= 4 is 17.9 Å². The largest absolute Gasteiger partial charge is 0.478 e. The molecule has 51 heavy (non-hydrogen) atoms. The Bertz CT molecular complexity index is 1550. The maximum atomic E-state index is 13.3. The highest BCUT2D eigenvalue weighted by Gasteiger charge is 2.71. The van der Waals surface area contributed by atoms with Crippen molar-refractivity contribution in [2.45, 2.75) is 158 Å². The quantitative estimate of drug-likeness (QED) is 0.168. The summed E-state index contributed by atoms with van der Waals surface area (Å²) in [6, 6.07) is 0. The predicted molar refractivity (Wildman–Crippen MR) is 200 cm³/mol. The number of esters is 2. The Hall–Kier alpha value is -2.55. The third-order valence-electron chi connectivity index (χ3n) is 16.8. The number of carboxylic acids is 1. The summed E-state index contributed by atoms with van der Waals surface area (Å²) in [4.78, 5) is 37.7. The van der Waals surface area contributed by atoms with Gasteiger partial charge < -0.3 is 14.6 Å². The van der Waals surface area contributed by atoms with E-state index in [1.807, 2.05) is 0 Å². The lowest BCUT2D eigenvalue weighted by molar-refractivity contribution is -0.247. The second-order valence-electron chi connectivity index (χ2n) is 20.0. The Morgan fingerprint density at radius 3 is 2.25 bits per heavy atom. The van der Waals surface area contributed by atoms with Gasteiger partial charge >= 0.3 is 17.9 Å². The van der Waals surface area contributed by atoms with Gasteiger partial charge in [0.1, 0.15) is 6.10 Å². The van der Waals surface area contributed by atoms with E-state index in [0.717, 1.165) is 63.4 Å². The number of carbonyl (C=O) groups excluding carboxylic acids is 2. The number of allylic oxidation sites excluding steroid dienone is 2. The van der Waals surface area contributed by atoms with Gasteiger partial charge in [0.15, 0.2) is 0 Å². The molecule has 282 valence electrons. The van der Waals surface area contributed by atoms with Crippen LogP contribution in [0.15, 0.2) is 23.3 Å². The molecule has 0 amide bonds. The topological polar surface area (TPSA) is 89.9 Å². The van der Waals surface area contributed by atoms with Gasteiger partial charge in [-0.3, -0.25) is 9.59 Å². The number of hydrogen-bond acceptors (Lipinski definition) is 5. The lowest BCUT2D eigenvalue weighted by Gasteiger charge is -2.72. The number of fused-ring (bicyclic) bond motifs is 7. The maximum absolute atomic E-state index is 13.3. The van der Waals surface area contributed by atoms with Gasteiger partial charge in [0.05, 0.1) is 18.9 Å². The van der Waals surface area contributed by atoms with Crippen LogP contribution in [0.25, 0.3) is 0 Å². The summed E-state index contributed by atoms with van der Waals surface area (Å²) in [6.45, 7) is 22.8. The van der Waals surface area contributed by atoms with Crippen LogP contribution in [0.2, 0.25) is 0 Å². The summed E-state index contributed by atoms with van der Waals surface area (Å²) in [7, 11) is 1.37. The van der Waals surface area contributed by atoms with E-state index in [-0.39, 0.29) is 45.6 Å². The molecule has 1 N–H and O–H groups in total. The van der Waals surface area contributed by atoms with Gasteiger partial charge in [-0.05, 0) is 156 Å². The zero-order chi connectivity index (χ0) is 37.4. The number of rotatable bonds is 6. The summed E-state index contributed by atoms with van der Waals surface area (Å²) in [6.07, 6.45) is 14.4. The lowest BCUT2D eigenvalue weighted by atomic mass is 9.32. The van der Waals surface area contributed by atoms with Crippen LogP contribution >= 0.6 is 0 Å². The number of aliphatic carboxylic acids is 1. The predicted octanol–water partition coefficient (Wildman–Crippen LogP) is 10.1. The van der Waals surface area contributed by atoms with Crippen molar-refractivity contribution in [2.75, 3.05) is 7.11 Å². The van der Waals surface area contributed by atoms with Gasteiger partial charge in [-0.2, -0.15) is 0 Å². The van der Waals surface area contributed by atoms with E-state index < -0.39 is 17.4 Å². The van der Waals surface area contributed by atoms with Gasteiger partial charge in [-0.1, -0.05) is 58.6 Å². The molecule has 5 saturated carbocycles. The molecule has 0 saturated heterocycles. The standard InChI is InChI=1S/C45H66O6/c1-28(2)30-18-24-45(23-17-29-13-11-12-14-31(29)38(47)48)26-25-43(8)32(37(30)45)15-16-34-42(7)21-20-35(41(5,6)33(42)19-22-44(34,43)9)51-36(46)27-40(3,4)39(49)50-10/h30,32-35,37H,1,11-16,18-22,24-27H2,2-10H3,(H,47,48)/t30-,32?,33?,34?,35-,37?,42-,43+,44+,45+/m0/s1. The fourth-order valence-electron chi connectivity index (χ4n) is 13.9. The number of hydrogen-bond donors (Lipinski definition) is 1. The highest BCUT2D eigenvalue weighted by atomic mass is 16.5. The first-order valence-corrected chi connectivity index (χ1v) is 20.2. The molecule has 10 atom stereocenters. The molecule has 6 nitrogen and oxygen atoms in total. The monoisotopic (exact) mass is 702 g/mol. The molecule has 0 spiro atoms. The third-order valence-corrected chi connectivity index (χ3v) is 16.8. The minimum absolute atomic E-state index is 0.0190. The zero-order valence-electron chi connectivity index (χ0n) is 33.3. The zero-order valence-corrected chi connectivity index (χ0v) is 33.3. The van der Waals surface area contributed by atoms with E-state index in [0.29, 0.717) is 41.6 Å². The minimum Gasteiger partial charge on any atom is -0.478 e. The molecule has 6 heteroatoms. The second kappa shape index (κ2) is 13.1. The molecule has 0 radical (unpaired) electrons. The van der Waals surface area contributed by atoms with Gasteiger partial charge in [-0.25, -0.2) is 4.79 Å². The molecule has 0 aromatic carbocycles. The van der Waals surface area contributed by atoms with Crippen molar-refractivity contribution in [1.82, 2.24) is 0 Å². The number of methoxy groups -OCH3 is 1. The van der Waals surface area contributed by atoms with E-state index in [1.165, 1.54) is 38.4 Å². The Kier molecular flexibility index (Phi) is 9.80. The minimum atomic E-state index is -0.917. The normalized spacial score (nSPS) is 41.4. The average molecular weight is 703 g/mol. The van der Waals surface area contributed by atoms with E-state index >= 15 is 0 Å². The van der Waals surface area contributed by atoms with Crippen LogP contribution < -0.4 is 0 Å². The van der Waals surface area contributed by atoms with E-state index in [1.54, 1.807) is 13.8 Å². The van der Waals surface area contributed by atoms with Crippen molar-refractivity contribution in [3.8, 4) is 11.8 Å². The van der Waals surface area contributed by atoms with Crippen molar-refractivity contribution in [1.29, 1.82) is 0 Å². The van der Waals surface area contributed by atoms with E-state index in [4.69, 9.17) is 9.47 Å². The Morgan fingerprint density at radius 1 is 0.882 bits per heavy atom. The smallest absolute Gasteiger partial charge is 0.332 e. The molecule has 4 unspecified atom stereocenters. The van der Waals surface area contributed by atoms with Crippen LogP contribution in [0, 0.1) is 73.9 Å². The van der Waals surface area contributed by atoms with E-state index in [2.05, 4.69) is 60.0 Å². The van der Waals surface area contributed by atoms with Crippen molar-refractivity contribution in [2.24, 2.45) is 62.1 Å². The molecular weight excluding hydrogens is 636 g/mol. The number of carboxylic acid groups (broad SMARTS) is 1. The van der Waals surface area contributed by atoms with Gasteiger partial charge in [-0.15, -0.1) is 0 Å². The highest BCUT2D eigenvalue weighted by Crippen LogP contribution is 2.77. The summed E-state index contributed by atoms with van der Waals surface area (Å²) in [5.74, 6) is 8.50. The molecule has 6 rings (SSSR count). The molecule has 6 aliphatic rings. The second-order valence-corrected chi connectivity index (χ2v) is 20.0. The Morgan fingerprint density at radius 2 is 1.59 bits per heavy atom. The molecule has 6 aliphatic carbocycles. The summed E-state index contributed by atoms with van der Waals surface area (Å²) >= 11 is 0. The van der Waals surface area contributed by atoms with Crippen LogP contribution in [0.3, 0.4) is 0 Å². The van der Waals surface area contributed by atoms with Crippen LogP contribution in [0.5, 0.6) is 0 Å². The lowest BCUT2D eigenvalue weighted by Crippen LogP contribution is -2.66. The molecule has 0 aromatic heterocycles. The maximum Gasteiger partial charge on any atom is 0.332 e. The first-order valence-electron chi connectivity index (χ1n) is 20.2. The SMILES string of the molecule is C=C(C)[C@@H]1CC[C@]2(C#CC3=C(C(=O)O)CCCC3)CC[C@]3(C)C(CCC4[C@@]5(C)CC[C@H](OC(=O)CC(C)(C)C(=O)OC)C(C)(C)C5CC[C@]43C)C12. The molecule has 0 aliphatic heterocycles. The van der Waals surface area contributed by atoms with Crippen LogP contribution in [-0.4, -0.2) is 36.2 Å². The van der Waals surface area contributed by atoms with Gasteiger partial charge in [0.2, 0.25) is 0 Å². The fraction of sp³-hybridized carbons (Fsp3) is 0.800. The van der Waals surface area contributed by atoms with Crippen LogP contribution in [0.1, 0.15) is 152 Å². The third kappa shape index (κ3) is 5.94. The fourth-order valence-corrected chi connectivity index (χ4v) is 13.9. The van der Waals surface area contributed by atoms with Crippen LogP contribution in [0.4, 0.5) is 0 Å². The summed E-state index contributed by atoms with van der Waals surface area (Å²) in [5.41, 5.74) is 2.09.